The molecule has 164 valence electrons. The number of alkyl halides is 3. The third-order valence-electron chi connectivity index (χ3n) is 5.20. The molecule has 0 radical (unpaired) electrons. The van der Waals surface area contributed by atoms with Gasteiger partial charge in [0.25, 0.3) is 0 Å². The predicted molar refractivity (Wildman–Crippen MR) is 122 cm³/mol. The van der Waals surface area contributed by atoms with E-state index in [-0.39, 0.29) is 11.2 Å². The van der Waals surface area contributed by atoms with Gasteiger partial charge in [0.1, 0.15) is 17.2 Å². The highest BCUT2D eigenvalue weighted by Crippen LogP contribution is 2.40. The second-order valence-corrected chi connectivity index (χ2v) is 8.28. The quantitative estimate of drug-likeness (QED) is 0.232. The van der Waals surface area contributed by atoms with Gasteiger partial charge in [0, 0.05) is 10.0 Å². The van der Waals surface area contributed by atoms with Crippen molar-refractivity contribution in [1.82, 2.24) is 14.8 Å². The Morgan fingerprint density at radius 3 is 2.09 bits per heavy atom. The van der Waals surface area contributed by atoms with Crippen LogP contribution in [0.25, 0.3) is 39.1 Å². The van der Waals surface area contributed by atoms with E-state index >= 15 is 0 Å². The first kappa shape index (κ1) is 21.3. The fourth-order valence-electron chi connectivity index (χ4n) is 3.68. The van der Waals surface area contributed by atoms with E-state index in [4.69, 9.17) is 0 Å². The molecule has 0 spiro atoms. The molecule has 0 fully saturated rings. The molecule has 0 amide bonds. The van der Waals surface area contributed by atoms with Crippen molar-refractivity contribution in [1.29, 1.82) is 0 Å². The van der Waals surface area contributed by atoms with E-state index in [1.54, 1.807) is 24.3 Å². The average molecular weight is 512 g/mol. The van der Waals surface area contributed by atoms with Crippen molar-refractivity contribution in [2.24, 2.45) is 0 Å². The fourth-order valence-corrected chi connectivity index (χ4v) is 3.94. The Balaban J connectivity index is 1.92. The van der Waals surface area contributed by atoms with Crippen LogP contribution in [0.3, 0.4) is 0 Å². The van der Waals surface area contributed by atoms with Gasteiger partial charge in [-0.25, -0.2) is 14.1 Å². The summed E-state index contributed by atoms with van der Waals surface area (Å²) < 4.78 is 57.3. The molecule has 8 heteroatoms. The minimum absolute atomic E-state index is 0.0605. The van der Waals surface area contributed by atoms with Crippen LogP contribution in [0.15, 0.2) is 89.4 Å². The van der Waals surface area contributed by atoms with Crippen LogP contribution in [0.2, 0.25) is 0 Å². The molecule has 3 nitrogen and oxygen atoms in total. The normalized spacial score (nSPS) is 11.8. The van der Waals surface area contributed by atoms with Gasteiger partial charge < -0.3 is 0 Å². The molecule has 0 aliphatic heterocycles. The fraction of sp³-hybridized carbons (Fsp3) is 0.0400. The van der Waals surface area contributed by atoms with E-state index in [1.165, 1.54) is 28.9 Å². The van der Waals surface area contributed by atoms with E-state index in [2.05, 4.69) is 26.0 Å². The van der Waals surface area contributed by atoms with Crippen molar-refractivity contribution in [2.75, 3.05) is 0 Å². The molecule has 2 aromatic heterocycles. The molecule has 0 N–H and O–H groups in total. The number of rotatable bonds is 3. The Morgan fingerprint density at radius 1 is 0.788 bits per heavy atom. The van der Waals surface area contributed by atoms with E-state index in [1.807, 2.05) is 30.3 Å². The lowest BCUT2D eigenvalue weighted by atomic mass is 9.98. The lowest BCUT2D eigenvalue weighted by molar-refractivity contribution is -0.140. The van der Waals surface area contributed by atoms with Gasteiger partial charge in [-0.15, -0.1) is 0 Å². The van der Waals surface area contributed by atoms with Crippen molar-refractivity contribution in [2.45, 2.75) is 6.18 Å². The number of benzene rings is 3. The van der Waals surface area contributed by atoms with Gasteiger partial charge in [-0.3, -0.25) is 0 Å². The Labute approximate surface area is 194 Å². The summed E-state index contributed by atoms with van der Waals surface area (Å²) in [4.78, 5) is 3.98. The van der Waals surface area contributed by atoms with Crippen LogP contribution >= 0.6 is 15.9 Å². The van der Waals surface area contributed by atoms with Gasteiger partial charge in [0.2, 0.25) is 0 Å². The number of nitrogens with zero attached hydrogens (tertiary/aromatic N) is 3. The highest BCUT2D eigenvalue weighted by Gasteiger charge is 2.35. The Kier molecular flexibility index (Phi) is 5.25. The molecule has 2 heterocycles. The van der Waals surface area contributed by atoms with Crippen LogP contribution < -0.4 is 0 Å². The summed E-state index contributed by atoms with van der Waals surface area (Å²) in [6.45, 7) is 0. The molecule has 0 bridgehead atoms. The predicted octanol–water partition coefficient (Wildman–Crippen LogP) is 7.67. The summed E-state index contributed by atoms with van der Waals surface area (Å²) in [5.41, 5.74) is 1.48. The maximum atomic E-state index is 13.8. The largest absolute Gasteiger partial charge is 0.433 e. The van der Waals surface area contributed by atoms with Crippen LogP contribution in [0.4, 0.5) is 17.6 Å². The molecule has 5 rings (SSSR count). The third-order valence-corrected chi connectivity index (χ3v) is 5.73. The summed E-state index contributed by atoms with van der Waals surface area (Å²) in [6, 6.07) is 22.5. The number of aromatic nitrogens is 3. The molecule has 0 saturated heterocycles. The highest BCUT2D eigenvalue weighted by atomic mass is 79.9. The third kappa shape index (κ3) is 4.02. The smallest absolute Gasteiger partial charge is 0.223 e. The minimum atomic E-state index is -4.68. The first-order valence-corrected chi connectivity index (χ1v) is 10.7. The molecule has 0 atom stereocenters. The molecule has 0 unspecified atom stereocenters. The minimum Gasteiger partial charge on any atom is -0.223 e. The number of fused-ring (bicyclic) bond motifs is 1. The van der Waals surface area contributed by atoms with Crippen molar-refractivity contribution >= 4 is 27.0 Å². The SMILES string of the molecule is Fc1ccc(-c2cc(C(F)(F)F)nc3c2c(-c2ccccc2)nn3-c2ccc(Br)cc2)cc1. The van der Waals surface area contributed by atoms with Crippen LogP contribution in [-0.4, -0.2) is 14.8 Å². The molecular formula is C25H14BrF4N3. The monoisotopic (exact) mass is 511 g/mol. The Morgan fingerprint density at radius 2 is 1.45 bits per heavy atom. The van der Waals surface area contributed by atoms with E-state index in [9.17, 15) is 17.6 Å². The van der Waals surface area contributed by atoms with E-state index < -0.39 is 17.7 Å². The highest BCUT2D eigenvalue weighted by molar-refractivity contribution is 9.10. The summed E-state index contributed by atoms with van der Waals surface area (Å²) >= 11 is 3.37. The zero-order chi connectivity index (χ0) is 23.2. The number of pyridine rings is 1. The van der Waals surface area contributed by atoms with Crippen molar-refractivity contribution in [3.63, 3.8) is 0 Å². The molecular weight excluding hydrogens is 498 g/mol. The summed E-state index contributed by atoms with van der Waals surface area (Å²) in [7, 11) is 0. The maximum absolute atomic E-state index is 13.8. The molecule has 0 aliphatic rings. The molecule has 33 heavy (non-hydrogen) atoms. The standard InChI is InChI=1S/C25H14BrF4N3/c26-17-8-12-19(13-9-17)33-24-22(23(32-33)16-4-2-1-3-5-16)20(14-21(31-24)25(28,29)30)15-6-10-18(27)11-7-15/h1-14H. The van der Waals surface area contributed by atoms with Crippen LogP contribution in [-0.2, 0) is 6.18 Å². The Bertz CT molecular complexity index is 1440. The topological polar surface area (TPSA) is 30.7 Å². The maximum Gasteiger partial charge on any atom is 0.433 e. The summed E-state index contributed by atoms with van der Waals surface area (Å²) in [5.74, 6) is -0.478. The number of hydrogen-bond acceptors (Lipinski definition) is 2. The number of hydrogen-bond donors (Lipinski definition) is 0. The second kappa shape index (κ2) is 8.12. The molecule has 3 aromatic carbocycles. The van der Waals surface area contributed by atoms with Crippen LogP contribution in [0.5, 0.6) is 0 Å². The summed E-state index contributed by atoms with van der Waals surface area (Å²) in [6.07, 6.45) is -4.68. The molecule has 0 aliphatic carbocycles. The van der Waals surface area contributed by atoms with Gasteiger partial charge in [-0.05, 0) is 53.6 Å². The lowest BCUT2D eigenvalue weighted by Gasteiger charge is -2.12. The first-order chi connectivity index (χ1) is 15.8. The van der Waals surface area contributed by atoms with Gasteiger partial charge in [0.15, 0.2) is 5.65 Å². The number of halogens is 5. The first-order valence-electron chi connectivity index (χ1n) is 9.89. The van der Waals surface area contributed by atoms with E-state index in [0.29, 0.717) is 22.3 Å². The van der Waals surface area contributed by atoms with Crippen LogP contribution in [0, 0.1) is 5.82 Å². The second-order valence-electron chi connectivity index (χ2n) is 7.36. The zero-order valence-electron chi connectivity index (χ0n) is 16.8. The van der Waals surface area contributed by atoms with Crippen LogP contribution in [0.1, 0.15) is 5.69 Å². The van der Waals surface area contributed by atoms with Gasteiger partial charge in [-0.2, -0.15) is 18.3 Å². The average Bonchev–Trinajstić information content (AvgIpc) is 3.19. The van der Waals surface area contributed by atoms with Gasteiger partial charge in [-0.1, -0.05) is 58.4 Å². The van der Waals surface area contributed by atoms with E-state index in [0.717, 1.165) is 16.1 Å². The lowest BCUT2D eigenvalue weighted by Crippen LogP contribution is -2.09. The van der Waals surface area contributed by atoms with Gasteiger partial charge in [0.05, 0.1) is 11.1 Å². The van der Waals surface area contributed by atoms with Gasteiger partial charge >= 0.3 is 6.18 Å². The molecule has 5 aromatic rings. The van der Waals surface area contributed by atoms with Crippen molar-refractivity contribution < 1.29 is 17.6 Å². The van der Waals surface area contributed by atoms with Crippen molar-refractivity contribution in [3.8, 4) is 28.1 Å². The van der Waals surface area contributed by atoms with Crippen molar-refractivity contribution in [3.05, 3.63) is 101 Å². The molecule has 0 saturated carbocycles. The Hall–Kier alpha value is -3.52. The summed E-state index contributed by atoms with van der Waals surface area (Å²) in [5, 5.41) is 5.13. The zero-order valence-corrected chi connectivity index (χ0v) is 18.4.